The van der Waals surface area contributed by atoms with Crippen LogP contribution in [-0.2, 0) is 17.6 Å². The molecule has 0 aromatic heterocycles. The Morgan fingerprint density at radius 3 is 2.78 bits per heavy atom. The Labute approximate surface area is 213 Å². The minimum Gasteiger partial charge on any atom is -0.504 e. The maximum atomic E-state index is 12.3. The van der Waals surface area contributed by atoms with Crippen molar-refractivity contribution in [3.8, 4) is 11.5 Å². The van der Waals surface area contributed by atoms with Gasteiger partial charge in [-0.15, -0.1) is 0 Å². The van der Waals surface area contributed by atoms with Crippen molar-refractivity contribution in [1.82, 2.24) is 0 Å². The first kappa shape index (κ1) is 25.9. The molecule has 2 aromatic carbocycles. The summed E-state index contributed by atoms with van der Waals surface area (Å²) in [6.45, 7) is 3.25. The SMILES string of the molecule is CCCCCC(O)CC(=O)CCc1ccc(O)c(OC[NH+]2C=C3C(Cc4ccccc4)=CN=C3C2)c1. The van der Waals surface area contributed by atoms with Crippen molar-refractivity contribution in [2.24, 2.45) is 4.99 Å². The average Bonchev–Trinajstić information content (AvgIpc) is 3.45. The number of Topliss-reactive ketones (excluding diaryl/α,β-unsaturated/α-hetero) is 1. The molecule has 2 aromatic rings. The predicted octanol–water partition coefficient (Wildman–Crippen LogP) is 3.93. The molecule has 0 radical (unpaired) electrons. The summed E-state index contributed by atoms with van der Waals surface area (Å²) in [6, 6.07) is 15.6. The molecule has 190 valence electrons. The topological polar surface area (TPSA) is 83.6 Å². The maximum absolute atomic E-state index is 12.3. The Morgan fingerprint density at radius 2 is 1.97 bits per heavy atom. The van der Waals surface area contributed by atoms with Crippen LogP contribution in [0.3, 0.4) is 0 Å². The summed E-state index contributed by atoms with van der Waals surface area (Å²) in [6.07, 6.45) is 9.39. The summed E-state index contributed by atoms with van der Waals surface area (Å²) in [4.78, 5) is 18.0. The normalized spacial score (nSPS) is 17.3. The van der Waals surface area contributed by atoms with E-state index in [0.29, 0.717) is 31.7 Å². The largest absolute Gasteiger partial charge is 0.504 e. The number of allylic oxidation sites excluding steroid dienone is 1. The van der Waals surface area contributed by atoms with Crippen LogP contribution >= 0.6 is 0 Å². The number of phenols is 1. The standard InChI is InChI=1S/C30H36N2O4/c1-2-3-5-10-25(33)17-26(34)13-11-23-12-14-29(35)30(16-23)36-21-32-19-27-24(18-31-28(27)20-32)15-22-8-6-4-7-9-22/h4,6-9,12,14,16,18-19,25,33,35H,2-3,5,10-11,13,15,17,20-21H2,1H3/p+1. The fourth-order valence-electron chi connectivity index (χ4n) is 4.70. The van der Waals surface area contributed by atoms with Crippen molar-refractivity contribution in [3.63, 3.8) is 0 Å². The van der Waals surface area contributed by atoms with Gasteiger partial charge in [0, 0.05) is 19.0 Å². The molecule has 2 aliphatic heterocycles. The molecule has 6 heteroatoms. The third-order valence-corrected chi connectivity index (χ3v) is 6.75. The number of carbonyl (C=O) groups excluding carboxylic acids is 1. The minimum atomic E-state index is -0.549. The summed E-state index contributed by atoms with van der Waals surface area (Å²) in [5.74, 6) is 0.573. The van der Waals surface area contributed by atoms with E-state index in [1.54, 1.807) is 6.07 Å². The summed E-state index contributed by atoms with van der Waals surface area (Å²) in [5, 5.41) is 20.3. The molecule has 2 unspecified atom stereocenters. The number of ketones is 1. The molecule has 36 heavy (non-hydrogen) atoms. The smallest absolute Gasteiger partial charge is 0.227 e. The molecule has 4 rings (SSSR count). The zero-order chi connectivity index (χ0) is 25.3. The number of aliphatic imine (C=N–C) groups is 1. The first-order valence-corrected chi connectivity index (χ1v) is 13.0. The van der Waals surface area contributed by atoms with Crippen molar-refractivity contribution in [3.05, 3.63) is 83.2 Å². The van der Waals surface area contributed by atoms with Gasteiger partial charge in [-0.2, -0.15) is 0 Å². The van der Waals surface area contributed by atoms with E-state index in [-0.39, 0.29) is 18.0 Å². The van der Waals surface area contributed by atoms with Crippen molar-refractivity contribution in [1.29, 1.82) is 0 Å². The van der Waals surface area contributed by atoms with Crippen molar-refractivity contribution < 1.29 is 24.6 Å². The molecular weight excluding hydrogens is 452 g/mol. The molecule has 2 aliphatic rings. The Bertz CT molecular complexity index is 1140. The van der Waals surface area contributed by atoms with E-state index in [9.17, 15) is 15.0 Å². The van der Waals surface area contributed by atoms with E-state index in [1.807, 2.05) is 24.4 Å². The lowest BCUT2D eigenvalue weighted by molar-refractivity contribution is -0.851. The van der Waals surface area contributed by atoms with E-state index in [0.717, 1.165) is 48.4 Å². The van der Waals surface area contributed by atoms with Gasteiger partial charge < -0.3 is 14.9 Å². The number of benzene rings is 2. The van der Waals surface area contributed by atoms with E-state index in [1.165, 1.54) is 16.7 Å². The van der Waals surface area contributed by atoms with Gasteiger partial charge in [-0.05, 0) is 48.1 Å². The summed E-state index contributed by atoms with van der Waals surface area (Å²) in [7, 11) is 0. The molecule has 0 saturated heterocycles. The highest BCUT2D eigenvalue weighted by Crippen LogP contribution is 2.28. The van der Waals surface area contributed by atoms with Crippen LogP contribution in [0.2, 0.25) is 0 Å². The summed E-state index contributed by atoms with van der Waals surface area (Å²) < 4.78 is 5.98. The second-order valence-corrected chi connectivity index (χ2v) is 9.77. The van der Waals surface area contributed by atoms with Gasteiger partial charge >= 0.3 is 0 Å². The van der Waals surface area contributed by atoms with Crippen LogP contribution < -0.4 is 9.64 Å². The quantitative estimate of drug-likeness (QED) is 0.351. The van der Waals surface area contributed by atoms with Gasteiger partial charge in [-0.1, -0.05) is 62.6 Å². The number of aromatic hydroxyl groups is 1. The zero-order valence-corrected chi connectivity index (χ0v) is 21.1. The third-order valence-electron chi connectivity index (χ3n) is 6.75. The Balaban J connectivity index is 1.26. The van der Waals surface area contributed by atoms with E-state index in [4.69, 9.17) is 4.74 Å². The first-order chi connectivity index (χ1) is 17.5. The molecule has 0 aliphatic carbocycles. The molecule has 2 atom stereocenters. The number of ether oxygens (including phenoxy) is 1. The molecule has 3 N–H and O–H groups in total. The lowest BCUT2D eigenvalue weighted by atomic mass is 9.99. The number of hydrogen-bond donors (Lipinski definition) is 3. The number of aliphatic hydroxyl groups excluding tert-OH is 1. The van der Waals surface area contributed by atoms with Crippen LogP contribution in [0.5, 0.6) is 11.5 Å². The van der Waals surface area contributed by atoms with Gasteiger partial charge in [-0.3, -0.25) is 14.7 Å². The Kier molecular flexibility index (Phi) is 9.09. The molecule has 0 bridgehead atoms. The Morgan fingerprint density at radius 1 is 1.14 bits per heavy atom. The van der Waals surface area contributed by atoms with Gasteiger partial charge in [0.1, 0.15) is 24.2 Å². The number of fused-ring (bicyclic) bond motifs is 1. The van der Waals surface area contributed by atoms with E-state index >= 15 is 0 Å². The average molecular weight is 490 g/mol. The molecular formula is C30H37N2O4+. The highest BCUT2D eigenvalue weighted by Gasteiger charge is 2.30. The van der Waals surface area contributed by atoms with Gasteiger partial charge in [0.05, 0.1) is 11.7 Å². The molecule has 2 heterocycles. The van der Waals surface area contributed by atoms with Crippen molar-refractivity contribution in [2.45, 2.75) is 64.4 Å². The molecule has 0 fully saturated rings. The molecule has 0 spiro atoms. The number of quaternary nitrogens is 1. The van der Waals surface area contributed by atoms with E-state index in [2.05, 4.69) is 42.4 Å². The van der Waals surface area contributed by atoms with Gasteiger partial charge in [0.25, 0.3) is 0 Å². The van der Waals surface area contributed by atoms with Crippen LogP contribution in [0, 0.1) is 0 Å². The van der Waals surface area contributed by atoms with E-state index < -0.39 is 6.10 Å². The van der Waals surface area contributed by atoms with Crippen molar-refractivity contribution >= 4 is 11.5 Å². The lowest BCUT2D eigenvalue weighted by Crippen LogP contribution is -3.07. The fraction of sp³-hybridized carbons (Fsp3) is 0.400. The maximum Gasteiger partial charge on any atom is 0.227 e. The number of phenolic OH excluding ortho intramolecular Hbond substituents is 1. The second-order valence-electron chi connectivity index (χ2n) is 9.77. The third kappa shape index (κ3) is 7.15. The fourth-order valence-corrected chi connectivity index (χ4v) is 4.70. The van der Waals surface area contributed by atoms with Crippen LogP contribution in [-0.4, -0.2) is 41.1 Å². The number of aryl methyl sites for hydroxylation is 1. The van der Waals surface area contributed by atoms with Crippen LogP contribution in [0.4, 0.5) is 0 Å². The second kappa shape index (κ2) is 12.7. The number of aliphatic hydroxyl groups is 1. The van der Waals surface area contributed by atoms with Crippen LogP contribution in [0.25, 0.3) is 0 Å². The van der Waals surface area contributed by atoms with Gasteiger partial charge in [-0.25, -0.2) is 0 Å². The highest BCUT2D eigenvalue weighted by atomic mass is 16.5. The number of nitrogens with zero attached hydrogens (tertiary/aromatic N) is 1. The number of hydrogen-bond acceptors (Lipinski definition) is 5. The first-order valence-electron chi connectivity index (χ1n) is 13.0. The lowest BCUT2D eigenvalue weighted by Gasteiger charge is -2.13. The monoisotopic (exact) mass is 489 g/mol. The van der Waals surface area contributed by atoms with Crippen LogP contribution in [0.1, 0.15) is 56.6 Å². The minimum absolute atomic E-state index is 0.0642. The number of carbonyl (C=O) groups is 1. The predicted molar refractivity (Wildman–Crippen MR) is 141 cm³/mol. The number of nitrogens with one attached hydrogen (secondary N) is 1. The number of rotatable bonds is 14. The number of unbranched alkanes of at least 4 members (excludes halogenated alkanes) is 2. The molecule has 6 nitrogen and oxygen atoms in total. The Hall–Kier alpha value is -3.22. The van der Waals surface area contributed by atoms with Crippen LogP contribution in [0.15, 0.2) is 77.1 Å². The van der Waals surface area contributed by atoms with Gasteiger partial charge in [0.15, 0.2) is 11.5 Å². The summed E-state index contributed by atoms with van der Waals surface area (Å²) in [5.41, 5.74) is 5.67. The molecule has 0 saturated carbocycles. The summed E-state index contributed by atoms with van der Waals surface area (Å²) >= 11 is 0. The molecule has 0 amide bonds. The zero-order valence-electron chi connectivity index (χ0n) is 21.1. The van der Waals surface area contributed by atoms with Crippen molar-refractivity contribution in [2.75, 3.05) is 13.3 Å². The van der Waals surface area contributed by atoms with Gasteiger partial charge in [0.2, 0.25) is 6.73 Å². The highest BCUT2D eigenvalue weighted by molar-refractivity contribution is 6.08.